The van der Waals surface area contributed by atoms with E-state index in [9.17, 15) is 14.3 Å². The summed E-state index contributed by atoms with van der Waals surface area (Å²) in [6, 6.07) is 25.4. The smallest absolute Gasteiger partial charge is 0.335 e. The second kappa shape index (κ2) is 11.1. The summed E-state index contributed by atoms with van der Waals surface area (Å²) in [6.07, 6.45) is -0.830. The number of nitriles is 1. The van der Waals surface area contributed by atoms with Gasteiger partial charge in [-0.15, -0.1) is 0 Å². The van der Waals surface area contributed by atoms with Gasteiger partial charge in [-0.25, -0.2) is 9.78 Å². The van der Waals surface area contributed by atoms with Crippen molar-refractivity contribution in [3.05, 3.63) is 102 Å². The van der Waals surface area contributed by atoms with Crippen LogP contribution in [-0.4, -0.2) is 38.3 Å². The first-order valence-corrected chi connectivity index (χ1v) is 12.9. The Morgan fingerprint density at radius 3 is 2.56 bits per heavy atom. The van der Waals surface area contributed by atoms with E-state index in [-0.39, 0.29) is 23.1 Å². The van der Waals surface area contributed by atoms with Crippen LogP contribution in [-0.2, 0) is 11.3 Å². The molecular weight excluding hydrogens is 527 g/mol. The molecule has 0 amide bonds. The zero-order valence-corrected chi connectivity index (χ0v) is 21.6. The fourth-order valence-electron chi connectivity index (χ4n) is 4.44. The Hall–Kier alpha value is -5.27. The predicted molar refractivity (Wildman–Crippen MR) is 146 cm³/mol. The number of rotatable bonds is 9. The first-order chi connectivity index (χ1) is 20.0. The third-order valence-electron chi connectivity index (χ3n) is 6.75. The topological polar surface area (TPSA) is 119 Å². The zero-order valence-electron chi connectivity index (χ0n) is 21.6. The van der Waals surface area contributed by atoms with Gasteiger partial charge in [-0.1, -0.05) is 18.2 Å². The highest BCUT2D eigenvalue weighted by molar-refractivity contribution is 5.92. The lowest BCUT2D eigenvalue weighted by atomic mass is 10.1. The maximum atomic E-state index is 14.7. The molecule has 0 aliphatic carbocycles. The summed E-state index contributed by atoms with van der Waals surface area (Å²) in [4.78, 5) is 20.5. The number of alkyl halides is 1. The lowest BCUT2D eigenvalue weighted by Crippen LogP contribution is -2.31. The Bertz CT molecular complexity index is 1760. The van der Waals surface area contributed by atoms with Crippen molar-refractivity contribution in [3.63, 3.8) is 0 Å². The summed E-state index contributed by atoms with van der Waals surface area (Å²) < 4.78 is 33.7. The first-order valence-electron chi connectivity index (χ1n) is 12.9. The number of fused-ring (bicyclic) bond motifs is 1. The van der Waals surface area contributed by atoms with Gasteiger partial charge in [-0.2, -0.15) is 14.6 Å². The molecule has 0 saturated carbocycles. The Labute approximate surface area is 234 Å². The molecular formula is C31H23FN4O5. The van der Waals surface area contributed by atoms with Crippen LogP contribution < -0.4 is 9.47 Å². The number of carbonyl (C=O) groups is 1. The summed E-state index contributed by atoms with van der Waals surface area (Å²) in [7, 11) is 0. The van der Waals surface area contributed by atoms with Crippen molar-refractivity contribution in [1.29, 1.82) is 5.26 Å². The average molecular weight is 551 g/mol. The van der Waals surface area contributed by atoms with Crippen LogP contribution in [0.2, 0.25) is 0 Å². The minimum Gasteiger partial charge on any atom is -0.478 e. The molecule has 1 N–H and O–H groups in total. The second-order valence-electron chi connectivity index (χ2n) is 9.45. The van der Waals surface area contributed by atoms with E-state index in [4.69, 9.17) is 19.5 Å². The maximum absolute atomic E-state index is 14.7. The molecule has 1 fully saturated rings. The highest BCUT2D eigenvalue weighted by atomic mass is 19.1. The van der Waals surface area contributed by atoms with Crippen molar-refractivity contribution >= 4 is 17.0 Å². The first kappa shape index (κ1) is 26.0. The van der Waals surface area contributed by atoms with E-state index in [0.29, 0.717) is 47.2 Å². The van der Waals surface area contributed by atoms with E-state index in [1.165, 1.54) is 30.3 Å². The molecule has 3 aromatic carbocycles. The second-order valence-corrected chi connectivity index (χ2v) is 9.45. The van der Waals surface area contributed by atoms with E-state index in [2.05, 4.69) is 9.97 Å². The Kier molecular flexibility index (Phi) is 7.02. The maximum Gasteiger partial charge on any atom is 0.335 e. The molecule has 41 heavy (non-hydrogen) atoms. The van der Waals surface area contributed by atoms with E-state index in [1.807, 2.05) is 22.8 Å². The molecule has 0 spiro atoms. The number of carboxylic acid groups (broad SMARTS) is 1. The molecule has 1 saturated heterocycles. The van der Waals surface area contributed by atoms with Crippen LogP contribution in [0.5, 0.6) is 17.6 Å². The van der Waals surface area contributed by atoms with Gasteiger partial charge in [0, 0.05) is 23.8 Å². The molecule has 10 heteroatoms. The third kappa shape index (κ3) is 5.57. The molecule has 5 aromatic rings. The van der Waals surface area contributed by atoms with Gasteiger partial charge in [-0.05, 0) is 67.1 Å². The van der Waals surface area contributed by atoms with Crippen LogP contribution in [0.1, 0.15) is 34.3 Å². The van der Waals surface area contributed by atoms with Gasteiger partial charge in [0.15, 0.2) is 0 Å². The minimum atomic E-state index is -1.74. The number of hydrogen-bond acceptors (Lipinski definition) is 7. The highest BCUT2D eigenvalue weighted by Gasteiger charge is 2.23. The number of carboxylic acids is 1. The van der Waals surface area contributed by atoms with Crippen LogP contribution in [0.4, 0.5) is 4.39 Å². The Balaban J connectivity index is 1.20. The summed E-state index contributed by atoms with van der Waals surface area (Å²) in [5, 5.41) is 18.4. The zero-order chi connectivity index (χ0) is 28.3. The van der Waals surface area contributed by atoms with Gasteiger partial charge < -0.3 is 19.3 Å². The largest absolute Gasteiger partial charge is 0.478 e. The molecule has 6 rings (SSSR count). The number of aromatic nitrogens is 3. The summed E-state index contributed by atoms with van der Waals surface area (Å²) in [5.41, 5.74) is 3.50. The number of imidazole rings is 1. The minimum absolute atomic E-state index is 0.00649. The van der Waals surface area contributed by atoms with Crippen molar-refractivity contribution in [2.75, 3.05) is 6.61 Å². The van der Waals surface area contributed by atoms with Crippen LogP contribution in [0.15, 0.2) is 84.9 Å². The average Bonchev–Trinajstić information content (AvgIpc) is 3.31. The van der Waals surface area contributed by atoms with E-state index in [1.54, 1.807) is 42.5 Å². The molecule has 2 atom stereocenters. The van der Waals surface area contributed by atoms with Gasteiger partial charge in [-0.3, -0.25) is 4.57 Å². The highest BCUT2D eigenvalue weighted by Crippen LogP contribution is 2.31. The number of ether oxygens (including phenoxy) is 3. The number of hydrogen-bond donors (Lipinski definition) is 1. The number of nitrogens with zero attached hydrogens (tertiary/aromatic N) is 4. The van der Waals surface area contributed by atoms with Gasteiger partial charge >= 0.3 is 12.0 Å². The normalized spacial score (nSPS) is 15.1. The molecule has 1 aliphatic heterocycles. The summed E-state index contributed by atoms with van der Waals surface area (Å²) in [5.74, 6) is -0.375. The van der Waals surface area contributed by atoms with Crippen molar-refractivity contribution in [2.45, 2.75) is 25.4 Å². The monoisotopic (exact) mass is 550 g/mol. The Morgan fingerprint density at radius 1 is 1.10 bits per heavy atom. The van der Waals surface area contributed by atoms with Crippen molar-refractivity contribution in [1.82, 2.24) is 14.5 Å². The molecule has 2 aromatic heterocycles. The number of aromatic carboxylic acids is 1. The lowest BCUT2D eigenvalue weighted by molar-refractivity contribution is -0.0593. The number of halogens is 1. The lowest BCUT2D eigenvalue weighted by Gasteiger charge is -2.27. The number of benzene rings is 3. The standard InChI is InChI=1S/C31H23FN4O5/c32-29(21-6-4-19(17-33)5-7-21)41-28-3-1-2-25(34-28)20-8-11-23(12-9-20)40-31-35-26-13-10-22(30(37)38)16-27(26)36(31)18-24-14-15-39-24/h1-13,16,24,29H,14-15,18H2,(H,37,38)/t24-,29?/m0/s1. The SMILES string of the molecule is N#Cc1ccc(C(F)Oc2cccc(-c3ccc(Oc4nc5ccc(C(=O)O)cc5n4C[C@@H]4CCO4)cc3)n2)cc1. The van der Waals surface area contributed by atoms with Crippen LogP contribution in [0.3, 0.4) is 0 Å². The third-order valence-corrected chi connectivity index (χ3v) is 6.75. The van der Waals surface area contributed by atoms with Crippen molar-refractivity contribution in [2.24, 2.45) is 0 Å². The predicted octanol–water partition coefficient (Wildman–Crippen LogP) is 6.30. The quantitative estimate of drug-likeness (QED) is 0.227. The molecule has 1 unspecified atom stereocenters. The Morgan fingerprint density at radius 2 is 1.88 bits per heavy atom. The van der Waals surface area contributed by atoms with E-state index in [0.717, 1.165) is 12.0 Å². The fraction of sp³-hybridized carbons (Fsp3) is 0.161. The van der Waals surface area contributed by atoms with Crippen molar-refractivity contribution < 1.29 is 28.5 Å². The molecule has 204 valence electrons. The van der Waals surface area contributed by atoms with Gasteiger partial charge in [0.05, 0.1) is 46.6 Å². The summed E-state index contributed by atoms with van der Waals surface area (Å²) >= 11 is 0. The fourth-order valence-corrected chi connectivity index (χ4v) is 4.44. The van der Waals surface area contributed by atoms with E-state index >= 15 is 0 Å². The van der Waals surface area contributed by atoms with Crippen LogP contribution in [0, 0.1) is 11.3 Å². The molecule has 1 aliphatic rings. The van der Waals surface area contributed by atoms with Crippen LogP contribution >= 0.6 is 0 Å². The van der Waals surface area contributed by atoms with E-state index < -0.39 is 12.3 Å². The molecule has 0 radical (unpaired) electrons. The van der Waals surface area contributed by atoms with Gasteiger partial charge in [0.25, 0.3) is 6.36 Å². The van der Waals surface area contributed by atoms with Crippen LogP contribution in [0.25, 0.3) is 22.3 Å². The molecule has 0 bridgehead atoms. The van der Waals surface area contributed by atoms with Crippen molar-refractivity contribution in [3.8, 4) is 35.0 Å². The number of pyridine rings is 1. The van der Waals surface area contributed by atoms with Gasteiger partial charge in [0.1, 0.15) is 5.75 Å². The summed E-state index contributed by atoms with van der Waals surface area (Å²) in [6.45, 7) is 1.18. The molecule has 9 nitrogen and oxygen atoms in total. The van der Waals surface area contributed by atoms with Gasteiger partial charge in [0.2, 0.25) is 5.88 Å². The molecule has 3 heterocycles.